The number of amides is 2. The van der Waals surface area contributed by atoms with Crippen LogP contribution >= 0.6 is 0 Å². The second-order valence-corrected chi connectivity index (χ2v) is 7.22. The third-order valence-electron chi connectivity index (χ3n) is 5.11. The lowest BCUT2D eigenvalue weighted by Gasteiger charge is -2.35. The number of hydrogen-bond acceptors (Lipinski definition) is 3. The summed E-state index contributed by atoms with van der Waals surface area (Å²) >= 11 is 0. The van der Waals surface area contributed by atoms with Gasteiger partial charge < -0.3 is 10.6 Å². The van der Waals surface area contributed by atoms with Crippen molar-refractivity contribution in [3.8, 4) is 0 Å². The maximum absolute atomic E-state index is 12.6. The van der Waals surface area contributed by atoms with Gasteiger partial charge in [-0.15, -0.1) is 0 Å². The van der Waals surface area contributed by atoms with Gasteiger partial charge in [0.2, 0.25) is 11.8 Å². The first-order valence-corrected chi connectivity index (χ1v) is 9.50. The fourth-order valence-corrected chi connectivity index (χ4v) is 3.39. The fraction of sp³-hybridized carbons (Fsp3) is 0.364. The average Bonchev–Trinajstić information content (AvgIpc) is 2.70. The lowest BCUT2D eigenvalue weighted by Crippen LogP contribution is -2.49. The van der Waals surface area contributed by atoms with Crippen molar-refractivity contribution in [2.75, 3.05) is 23.7 Å². The standard InChI is InChI=1S/C22H27N3O2/c1-16-10-12-20(13-11-16)23-21(26)17(2)25-14-6-7-18(15-25)22(27)24-19-8-4-3-5-9-19/h3-5,8-13,17-18H,6-7,14-15H2,1-2H3,(H,23,26)(H,24,27). The highest BCUT2D eigenvalue weighted by Gasteiger charge is 2.30. The molecule has 1 aliphatic heterocycles. The zero-order valence-corrected chi connectivity index (χ0v) is 15.9. The first-order valence-electron chi connectivity index (χ1n) is 9.50. The number of anilines is 2. The molecule has 0 aromatic heterocycles. The number of para-hydroxylation sites is 1. The van der Waals surface area contributed by atoms with Crippen LogP contribution in [0.1, 0.15) is 25.3 Å². The molecule has 0 saturated carbocycles. The van der Waals surface area contributed by atoms with Crippen molar-refractivity contribution in [1.82, 2.24) is 4.90 Å². The zero-order valence-electron chi connectivity index (χ0n) is 15.9. The molecule has 2 amide bonds. The van der Waals surface area contributed by atoms with Crippen LogP contribution in [0.3, 0.4) is 0 Å². The molecule has 0 bridgehead atoms. The molecule has 3 rings (SSSR count). The molecule has 0 spiro atoms. The number of rotatable bonds is 5. The van der Waals surface area contributed by atoms with Crippen molar-refractivity contribution in [2.45, 2.75) is 32.7 Å². The molecule has 0 radical (unpaired) electrons. The molecular weight excluding hydrogens is 338 g/mol. The van der Waals surface area contributed by atoms with Crippen LogP contribution in [0.2, 0.25) is 0 Å². The molecule has 2 unspecified atom stereocenters. The molecule has 5 nitrogen and oxygen atoms in total. The number of nitrogens with one attached hydrogen (secondary N) is 2. The lowest BCUT2D eigenvalue weighted by atomic mass is 9.95. The normalized spacial score (nSPS) is 18.5. The first-order chi connectivity index (χ1) is 13.0. The molecule has 1 heterocycles. The summed E-state index contributed by atoms with van der Waals surface area (Å²) in [5.74, 6) is -0.117. The van der Waals surface area contributed by atoms with Gasteiger partial charge in [-0.2, -0.15) is 0 Å². The average molecular weight is 365 g/mol. The molecule has 2 N–H and O–H groups in total. The SMILES string of the molecule is Cc1ccc(NC(=O)C(C)N2CCCC(C(=O)Nc3ccccc3)C2)cc1. The number of hydrogen-bond donors (Lipinski definition) is 2. The summed E-state index contributed by atoms with van der Waals surface area (Å²) in [6, 6.07) is 17.0. The molecule has 27 heavy (non-hydrogen) atoms. The number of benzene rings is 2. The summed E-state index contributed by atoms with van der Waals surface area (Å²) in [4.78, 5) is 27.3. The summed E-state index contributed by atoms with van der Waals surface area (Å²) in [5.41, 5.74) is 2.77. The van der Waals surface area contributed by atoms with Crippen LogP contribution in [-0.2, 0) is 9.59 Å². The highest BCUT2D eigenvalue weighted by atomic mass is 16.2. The molecule has 2 atom stereocenters. The van der Waals surface area contributed by atoms with Crippen LogP contribution in [0, 0.1) is 12.8 Å². The van der Waals surface area contributed by atoms with E-state index in [4.69, 9.17) is 0 Å². The summed E-state index contributed by atoms with van der Waals surface area (Å²) < 4.78 is 0. The molecule has 5 heteroatoms. The Morgan fingerprint density at radius 2 is 1.67 bits per heavy atom. The van der Waals surface area contributed by atoms with Crippen LogP contribution in [-0.4, -0.2) is 35.8 Å². The van der Waals surface area contributed by atoms with Crippen molar-refractivity contribution in [3.63, 3.8) is 0 Å². The van der Waals surface area contributed by atoms with Crippen molar-refractivity contribution in [2.24, 2.45) is 5.92 Å². The van der Waals surface area contributed by atoms with E-state index in [1.54, 1.807) is 0 Å². The Hall–Kier alpha value is -2.66. The minimum Gasteiger partial charge on any atom is -0.326 e. The fourth-order valence-electron chi connectivity index (χ4n) is 3.39. The van der Waals surface area contributed by atoms with Crippen LogP contribution in [0.25, 0.3) is 0 Å². The number of piperidine rings is 1. The summed E-state index contributed by atoms with van der Waals surface area (Å²) in [6.45, 7) is 5.35. The van der Waals surface area contributed by atoms with Crippen LogP contribution in [0.4, 0.5) is 11.4 Å². The summed E-state index contributed by atoms with van der Waals surface area (Å²) in [6.07, 6.45) is 1.76. The maximum atomic E-state index is 12.6. The van der Waals surface area contributed by atoms with Gasteiger partial charge in [-0.05, 0) is 57.5 Å². The topological polar surface area (TPSA) is 61.4 Å². The van der Waals surface area contributed by atoms with Crippen LogP contribution in [0.15, 0.2) is 54.6 Å². The molecule has 2 aromatic rings. The van der Waals surface area contributed by atoms with Gasteiger partial charge in [0, 0.05) is 17.9 Å². The van der Waals surface area contributed by atoms with Gasteiger partial charge in [-0.3, -0.25) is 14.5 Å². The second kappa shape index (κ2) is 8.82. The summed E-state index contributed by atoms with van der Waals surface area (Å²) in [5, 5.41) is 5.95. The van der Waals surface area contributed by atoms with E-state index in [-0.39, 0.29) is 23.8 Å². The number of carbonyl (C=O) groups excluding carboxylic acids is 2. The van der Waals surface area contributed by atoms with E-state index in [2.05, 4.69) is 15.5 Å². The Kier molecular flexibility index (Phi) is 6.24. The first kappa shape index (κ1) is 19.1. The molecule has 0 aliphatic carbocycles. The zero-order chi connectivity index (χ0) is 19.2. The Morgan fingerprint density at radius 3 is 2.37 bits per heavy atom. The number of carbonyl (C=O) groups is 2. The van der Waals surface area contributed by atoms with Gasteiger partial charge in [0.25, 0.3) is 0 Å². The van der Waals surface area contributed by atoms with Crippen molar-refractivity contribution in [1.29, 1.82) is 0 Å². The predicted molar refractivity (Wildman–Crippen MR) is 109 cm³/mol. The predicted octanol–water partition coefficient (Wildman–Crippen LogP) is 3.67. The number of aryl methyl sites for hydroxylation is 1. The van der Waals surface area contributed by atoms with Gasteiger partial charge in [-0.25, -0.2) is 0 Å². The number of likely N-dealkylation sites (tertiary alicyclic amines) is 1. The van der Waals surface area contributed by atoms with E-state index >= 15 is 0 Å². The Balaban J connectivity index is 1.57. The summed E-state index contributed by atoms with van der Waals surface area (Å²) in [7, 11) is 0. The highest BCUT2D eigenvalue weighted by molar-refractivity contribution is 5.95. The third kappa shape index (κ3) is 5.17. The van der Waals surface area contributed by atoms with Gasteiger partial charge in [0.05, 0.1) is 12.0 Å². The van der Waals surface area contributed by atoms with Gasteiger partial charge in [-0.1, -0.05) is 35.9 Å². The molecular formula is C22H27N3O2. The van der Waals surface area contributed by atoms with E-state index in [0.717, 1.165) is 36.3 Å². The Morgan fingerprint density at radius 1 is 1.00 bits per heavy atom. The lowest BCUT2D eigenvalue weighted by molar-refractivity contribution is -0.125. The van der Waals surface area contributed by atoms with Gasteiger partial charge in [0.1, 0.15) is 0 Å². The molecule has 142 valence electrons. The van der Waals surface area contributed by atoms with E-state index in [0.29, 0.717) is 6.54 Å². The van der Waals surface area contributed by atoms with Crippen molar-refractivity contribution < 1.29 is 9.59 Å². The quantitative estimate of drug-likeness (QED) is 0.850. The second-order valence-electron chi connectivity index (χ2n) is 7.22. The van der Waals surface area contributed by atoms with E-state index in [9.17, 15) is 9.59 Å². The highest BCUT2D eigenvalue weighted by Crippen LogP contribution is 2.21. The number of nitrogens with zero attached hydrogens (tertiary/aromatic N) is 1. The molecule has 2 aromatic carbocycles. The molecule has 1 fully saturated rings. The largest absolute Gasteiger partial charge is 0.326 e. The van der Waals surface area contributed by atoms with Gasteiger partial charge in [0.15, 0.2) is 0 Å². The minimum absolute atomic E-state index is 0.0250. The monoisotopic (exact) mass is 365 g/mol. The van der Waals surface area contributed by atoms with Crippen LogP contribution in [0.5, 0.6) is 0 Å². The van der Waals surface area contributed by atoms with E-state index in [1.165, 1.54) is 0 Å². The molecule has 1 saturated heterocycles. The smallest absolute Gasteiger partial charge is 0.241 e. The molecule has 1 aliphatic rings. The van der Waals surface area contributed by atoms with E-state index in [1.807, 2.05) is 68.4 Å². The van der Waals surface area contributed by atoms with Crippen molar-refractivity contribution in [3.05, 3.63) is 60.2 Å². The van der Waals surface area contributed by atoms with Crippen LogP contribution < -0.4 is 10.6 Å². The van der Waals surface area contributed by atoms with Gasteiger partial charge >= 0.3 is 0 Å². The Bertz CT molecular complexity index is 774. The van der Waals surface area contributed by atoms with Crippen molar-refractivity contribution >= 4 is 23.2 Å². The maximum Gasteiger partial charge on any atom is 0.241 e. The Labute approximate surface area is 160 Å². The minimum atomic E-state index is -0.279. The van der Waals surface area contributed by atoms with E-state index < -0.39 is 0 Å². The third-order valence-corrected chi connectivity index (χ3v) is 5.11.